The highest BCUT2D eigenvalue weighted by Gasteiger charge is 2.51. The molecule has 0 aromatic rings. The number of hydrogen-bond donors (Lipinski definition) is 0. The average molecular weight is 277 g/mol. The van der Waals surface area contributed by atoms with Gasteiger partial charge >= 0.3 is 0 Å². The first-order valence-electron chi connectivity index (χ1n) is 5.93. The van der Waals surface area contributed by atoms with E-state index in [4.69, 9.17) is 10.5 Å². The van der Waals surface area contributed by atoms with E-state index >= 15 is 0 Å². The Bertz CT molecular complexity index is 424. The van der Waals surface area contributed by atoms with Gasteiger partial charge in [0.25, 0.3) is 0 Å². The van der Waals surface area contributed by atoms with Crippen LogP contribution in [0, 0.1) is 46.3 Å². The third-order valence-electron chi connectivity index (χ3n) is 4.61. The first kappa shape index (κ1) is 10.4. The fourth-order valence-corrected chi connectivity index (χ4v) is 5.09. The van der Waals surface area contributed by atoms with Crippen LogP contribution >= 0.6 is 15.9 Å². The first-order chi connectivity index (χ1) is 7.74. The van der Waals surface area contributed by atoms with Crippen LogP contribution in [-0.2, 0) is 0 Å². The Morgan fingerprint density at radius 2 is 1.88 bits per heavy atom. The van der Waals surface area contributed by atoms with Crippen molar-refractivity contribution in [1.29, 1.82) is 10.5 Å². The Labute approximate surface area is 104 Å². The van der Waals surface area contributed by atoms with E-state index in [0.29, 0.717) is 22.2 Å². The molecule has 5 atom stereocenters. The highest BCUT2D eigenvalue weighted by molar-refractivity contribution is 9.09. The van der Waals surface area contributed by atoms with E-state index in [1.54, 1.807) is 0 Å². The van der Waals surface area contributed by atoms with E-state index in [1.807, 2.05) is 0 Å². The van der Waals surface area contributed by atoms with Gasteiger partial charge in [-0.25, -0.2) is 0 Å². The minimum Gasteiger partial charge on any atom is -0.192 e. The van der Waals surface area contributed by atoms with Gasteiger partial charge in [0.1, 0.15) is 17.7 Å². The maximum Gasteiger partial charge on any atom is 0.129 e. The predicted molar refractivity (Wildman–Crippen MR) is 63.4 cm³/mol. The summed E-state index contributed by atoms with van der Waals surface area (Å²) in [6.07, 6.45) is 4.94. The van der Waals surface area contributed by atoms with Gasteiger partial charge in [-0.3, -0.25) is 0 Å². The first-order valence-corrected chi connectivity index (χ1v) is 6.84. The quantitative estimate of drug-likeness (QED) is 0.504. The Morgan fingerprint density at radius 1 is 1.12 bits per heavy atom. The highest BCUT2D eigenvalue weighted by atomic mass is 79.9. The van der Waals surface area contributed by atoms with E-state index in [0.717, 1.165) is 11.8 Å². The minimum atomic E-state index is 0.401. The van der Waals surface area contributed by atoms with Crippen molar-refractivity contribution in [3.05, 3.63) is 11.1 Å². The molecule has 0 heterocycles. The van der Waals surface area contributed by atoms with Gasteiger partial charge in [0.15, 0.2) is 0 Å². The summed E-state index contributed by atoms with van der Waals surface area (Å²) in [5.74, 6) is 2.63. The molecule has 0 spiro atoms. The van der Waals surface area contributed by atoms with Crippen molar-refractivity contribution in [1.82, 2.24) is 0 Å². The van der Waals surface area contributed by atoms with Crippen LogP contribution in [0.15, 0.2) is 11.1 Å². The highest BCUT2D eigenvalue weighted by Crippen LogP contribution is 2.59. The van der Waals surface area contributed by atoms with Crippen LogP contribution in [0.25, 0.3) is 0 Å². The van der Waals surface area contributed by atoms with E-state index in [9.17, 15) is 0 Å². The van der Waals surface area contributed by atoms with Crippen molar-refractivity contribution < 1.29 is 0 Å². The summed E-state index contributed by atoms with van der Waals surface area (Å²) < 4.78 is 0. The molecule has 0 aliphatic heterocycles. The number of halogens is 1. The molecule has 3 heteroatoms. The van der Waals surface area contributed by atoms with E-state index in [-0.39, 0.29) is 0 Å². The van der Waals surface area contributed by atoms with Gasteiger partial charge in [0, 0.05) is 4.83 Å². The standard InChI is InChI=1S/C13H13BrN2/c14-13-9-2-7-1-8(4-9)12(11(13)3-7)10(5-15)6-16/h7-9,11,13H,1-4H2/t7?,8?,9?,11?,13-/m1/s1. The summed E-state index contributed by atoms with van der Waals surface area (Å²) in [5, 5.41) is 18.1. The van der Waals surface area contributed by atoms with Gasteiger partial charge in [-0.15, -0.1) is 0 Å². The number of nitrogens with zero attached hydrogens (tertiary/aromatic N) is 2. The molecule has 4 unspecified atom stereocenters. The maximum atomic E-state index is 9.05. The van der Waals surface area contributed by atoms with E-state index in [2.05, 4.69) is 28.1 Å². The SMILES string of the molecule is N#CC(C#N)=C1C2CC3CC(C2)[C@@H](Br)C1C3. The molecule has 0 N–H and O–H groups in total. The van der Waals surface area contributed by atoms with Gasteiger partial charge < -0.3 is 0 Å². The number of alkyl halides is 1. The molecule has 4 saturated carbocycles. The normalized spacial score (nSPS) is 43.9. The average Bonchev–Trinajstić information content (AvgIpc) is 2.29. The van der Waals surface area contributed by atoms with Crippen LogP contribution in [0.3, 0.4) is 0 Å². The second kappa shape index (κ2) is 3.60. The van der Waals surface area contributed by atoms with Gasteiger partial charge in [-0.1, -0.05) is 15.9 Å². The largest absolute Gasteiger partial charge is 0.192 e. The lowest BCUT2D eigenvalue weighted by molar-refractivity contribution is 0.0785. The van der Waals surface area contributed by atoms with Gasteiger partial charge in [-0.05, 0) is 54.9 Å². The maximum absolute atomic E-state index is 9.05. The number of allylic oxidation sites excluding steroid dienone is 2. The van der Waals surface area contributed by atoms with Crippen molar-refractivity contribution in [2.75, 3.05) is 0 Å². The molecular weight excluding hydrogens is 264 g/mol. The smallest absolute Gasteiger partial charge is 0.129 e. The third kappa shape index (κ3) is 1.28. The Balaban J connectivity index is 2.07. The zero-order valence-electron chi connectivity index (χ0n) is 8.99. The predicted octanol–water partition coefficient (Wildman–Crippen LogP) is 3.16. The minimum absolute atomic E-state index is 0.401. The summed E-state index contributed by atoms with van der Waals surface area (Å²) in [6.45, 7) is 0. The molecule has 0 aromatic heterocycles. The fraction of sp³-hybridized carbons (Fsp3) is 0.692. The molecule has 4 aliphatic rings. The van der Waals surface area contributed by atoms with Gasteiger partial charge in [0.2, 0.25) is 0 Å². The van der Waals surface area contributed by atoms with E-state index < -0.39 is 0 Å². The molecule has 0 amide bonds. The molecule has 4 fully saturated rings. The molecule has 16 heavy (non-hydrogen) atoms. The van der Waals surface area contributed by atoms with Crippen LogP contribution in [0.2, 0.25) is 0 Å². The Kier molecular flexibility index (Phi) is 2.33. The number of rotatable bonds is 0. The van der Waals surface area contributed by atoms with Crippen LogP contribution in [0.5, 0.6) is 0 Å². The van der Waals surface area contributed by atoms with Crippen molar-refractivity contribution in [2.24, 2.45) is 23.7 Å². The van der Waals surface area contributed by atoms with Crippen molar-refractivity contribution in [3.8, 4) is 12.1 Å². The van der Waals surface area contributed by atoms with Crippen LogP contribution in [-0.4, -0.2) is 4.83 Å². The molecule has 4 rings (SSSR count). The third-order valence-corrected chi connectivity index (χ3v) is 6.00. The molecule has 2 nitrogen and oxygen atoms in total. The van der Waals surface area contributed by atoms with Crippen LogP contribution in [0.4, 0.5) is 0 Å². The summed E-state index contributed by atoms with van der Waals surface area (Å²) in [6, 6.07) is 4.20. The lowest BCUT2D eigenvalue weighted by Gasteiger charge is -2.54. The number of nitriles is 2. The lowest BCUT2D eigenvalue weighted by atomic mass is 9.53. The molecule has 4 bridgehead atoms. The summed E-state index contributed by atoms with van der Waals surface area (Å²) in [4.78, 5) is 0.506. The van der Waals surface area contributed by atoms with E-state index in [1.165, 1.54) is 31.3 Å². The van der Waals surface area contributed by atoms with Gasteiger partial charge in [-0.2, -0.15) is 10.5 Å². The zero-order valence-corrected chi connectivity index (χ0v) is 10.6. The van der Waals surface area contributed by atoms with Crippen molar-refractivity contribution >= 4 is 15.9 Å². The molecular formula is C13H13BrN2. The van der Waals surface area contributed by atoms with Crippen molar-refractivity contribution in [3.63, 3.8) is 0 Å². The molecule has 0 saturated heterocycles. The lowest BCUT2D eigenvalue weighted by Crippen LogP contribution is -2.47. The summed E-state index contributed by atoms with van der Waals surface area (Å²) in [5.41, 5.74) is 1.58. The van der Waals surface area contributed by atoms with Crippen molar-refractivity contribution in [2.45, 2.75) is 30.5 Å². The van der Waals surface area contributed by atoms with Crippen LogP contribution < -0.4 is 0 Å². The Hall–Kier alpha value is -0.800. The monoisotopic (exact) mass is 276 g/mol. The second-order valence-corrected chi connectivity index (χ2v) is 6.43. The Morgan fingerprint density at radius 3 is 2.56 bits per heavy atom. The second-order valence-electron chi connectivity index (χ2n) is 5.37. The van der Waals surface area contributed by atoms with Crippen LogP contribution in [0.1, 0.15) is 25.7 Å². The fourth-order valence-electron chi connectivity index (χ4n) is 4.15. The zero-order chi connectivity index (χ0) is 11.3. The molecule has 4 aliphatic carbocycles. The summed E-state index contributed by atoms with van der Waals surface area (Å²) >= 11 is 3.79. The molecule has 0 aromatic carbocycles. The number of hydrogen-bond acceptors (Lipinski definition) is 2. The summed E-state index contributed by atoms with van der Waals surface area (Å²) in [7, 11) is 0. The molecule has 0 radical (unpaired) electrons. The molecule has 82 valence electrons. The van der Waals surface area contributed by atoms with Gasteiger partial charge in [0.05, 0.1) is 0 Å². The topological polar surface area (TPSA) is 47.6 Å².